The second-order valence-corrected chi connectivity index (χ2v) is 4.98. The maximum absolute atomic E-state index is 12.5. The molecule has 4 heteroatoms. The first-order valence-corrected chi connectivity index (χ1v) is 7.34. The third-order valence-corrected chi connectivity index (χ3v) is 3.53. The Bertz CT molecular complexity index is 246. The molecule has 1 saturated heterocycles. The number of rotatable bonds is 8. The molecule has 1 N–H and O–H groups in total. The second-order valence-electron chi connectivity index (χ2n) is 4.98. The van der Waals surface area contributed by atoms with Gasteiger partial charge in [0.15, 0.2) is 0 Å². The molecular formula is C14H28N2O2. The van der Waals surface area contributed by atoms with Crippen LogP contribution in [0.1, 0.15) is 40.0 Å². The van der Waals surface area contributed by atoms with Crippen molar-refractivity contribution in [2.75, 3.05) is 32.8 Å². The van der Waals surface area contributed by atoms with Gasteiger partial charge in [0.05, 0.1) is 19.1 Å². The number of carbonyl (C=O) groups is 1. The average Bonchev–Trinajstić information content (AvgIpc) is 2.85. The van der Waals surface area contributed by atoms with E-state index in [0.717, 1.165) is 38.9 Å². The number of amides is 1. The minimum absolute atomic E-state index is 0.00774. The minimum atomic E-state index is 0.00774. The van der Waals surface area contributed by atoms with Gasteiger partial charge >= 0.3 is 0 Å². The van der Waals surface area contributed by atoms with Crippen LogP contribution >= 0.6 is 0 Å². The number of nitrogens with one attached hydrogen (secondary N) is 1. The van der Waals surface area contributed by atoms with E-state index in [1.807, 2.05) is 4.90 Å². The number of hydrogen-bond acceptors (Lipinski definition) is 3. The van der Waals surface area contributed by atoms with Crippen molar-refractivity contribution in [3.8, 4) is 0 Å². The Morgan fingerprint density at radius 1 is 1.28 bits per heavy atom. The summed E-state index contributed by atoms with van der Waals surface area (Å²) in [6.07, 6.45) is 3.30. The van der Waals surface area contributed by atoms with Crippen molar-refractivity contribution in [3.05, 3.63) is 0 Å². The molecule has 18 heavy (non-hydrogen) atoms. The van der Waals surface area contributed by atoms with Crippen LogP contribution in [0.15, 0.2) is 0 Å². The van der Waals surface area contributed by atoms with Crippen molar-refractivity contribution in [3.63, 3.8) is 0 Å². The van der Waals surface area contributed by atoms with Crippen LogP contribution in [0.3, 0.4) is 0 Å². The zero-order valence-corrected chi connectivity index (χ0v) is 12.1. The van der Waals surface area contributed by atoms with Gasteiger partial charge in [0.25, 0.3) is 0 Å². The van der Waals surface area contributed by atoms with Crippen LogP contribution in [-0.2, 0) is 9.53 Å². The standard InChI is InChI=1S/C14H28N2O2/c1-4-7-9-16(6-3)14(17)12-10-18-11-13(12)15-8-5-2/h12-13,15H,4-11H2,1-3H3. The van der Waals surface area contributed by atoms with Crippen LogP contribution in [0, 0.1) is 5.92 Å². The first-order valence-electron chi connectivity index (χ1n) is 7.34. The first-order chi connectivity index (χ1) is 8.74. The summed E-state index contributed by atoms with van der Waals surface area (Å²) in [6.45, 7) is 10.2. The summed E-state index contributed by atoms with van der Waals surface area (Å²) in [5.74, 6) is 0.269. The normalized spacial score (nSPS) is 23.3. The number of hydrogen-bond donors (Lipinski definition) is 1. The Kier molecular flexibility index (Phi) is 7.28. The van der Waals surface area contributed by atoms with Gasteiger partial charge in [0, 0.05) is 19.1 Å². The zero-order valence-electron chi connectivity index (χ0n) is 12.1. The number of ether oxygens (including phenoxy) is 1. The van der Waals surface area contributed by atoms with Crippen molar-refractivity contribution >= 4 is 5.91 Å². The predicted octanol–water partition coefficient (Wildman–Crippen LogP) is 1.65. The van der Waals surface area contributed by atoms with E-state index in [2.05, 4.69) is 26.1 Å². The van der Waals surface area contributed by atoms with Crippen LogP contribution in [0.2, 0.25) is 0 Å². The number of nitrogens with zero attached hydrogens (tertiary/aromatic N) is 1. The van der Waals surface area contributed by atoms with Crippen molar-refractivity contribution in [1.82, 2.24) is 10.2 Å². The minimum Gasteiger partial charge on any atom is -0.379 e. The van der Waals surface area contributed by atoms with Gasteiger partial charge in [-0.3, -0.25) is 4.79 Å². The summed E-state index contributed by atoms with van der Waals surface area (Å²) < 4.78 is 5.48. The maximum atomic E-state index is 12.5. The molecule has 0 radical (unpaired) electrons. The molecule has 0 aromatic heterocycles. The fraction of sp³-hybridized carbons (Fsp3) is 0.929. The van der Waals surface area contributed by atoms with Gasteiger partial charge in [-0.1, -0.05) is 20.3 Å². The molecule has 1 rings (SSSR count). The van der Waals surface area contributed by atoms with E-state index < -0.39 is 0 Å². The maximum Gasteiger partial charge on any atom is 0.229 e. The summed E-state index contributed by atoms with van der Waals surface area (Å²) >= 11 is 0. The quantitative estimate of drug-likeness (QED) is 0.718. The third kappa shape index (κ3) is 4.25. The Balaban J connectivity index is 2.51. The largest absolute Gasteiger partial charge is 0.379 e. The topological polar surface area (TPSA) is 41.6 Å². The lowest BCUT2D eigenvalue weighted by Gasteiger charge is -2.26. The summed E-state index contributed by atoms with van der Waals surface area (Å²) in [4.78, 5) is 14.4. The molecule has 1 fully saturated rings. The van der Waals surface area contributed by atoms with E-state index in [0.29, 0.717) is 13.2 Å². The van der Waals surface area contributed by atoms with Gasteiger partial charge < -0.3 is 15.0 Å². The Morgan fingerprint density at radius 2 is 2.06 bits per heavy atom. The van der Waals surface area contributed by atoms with E-state index >= 15 is 0 Å². The SMILES string of the molecule is CCCCN(CC)C(=O)C1COCC1NCCC. The van der Waals surface area contributed by atoms with Gasteiger partial charge in [-0.05, 0) is 26.3 Å². The lowest BCUT2D eigenvalue weighted by atomic mass is 10.0. The zero-order chi connectivity index (χ0) is 13.4. The molecule has 0 saturated carbocycles. The fourth-order valence-corrected chi connectivity index (χ4v) is 2.34. The second kappa shape index (κ2) is 8.48. The van der Waals surface area contributed by atoms with Crippen LogP contribution in [0.4, 0.5) is 0 Å². The molecule has 0 spiro atoms. The van der Waals surface area contributed by atoms with E-state index in [9.17, 15) is 4.79 Å². The van der Waals surface area contributed by atoms with Crippen molar-refractivity contribution < 1.29 is 9.53 Å². The molecule has 1 aliphatic rings. The highest BCUT2D eigenvalue weighted by Gasteiger charge is 2.35. The molecule has 0 aromatic carbocycles. The summed E-state index contributed by atoms with van der Waals surface area (Å²) in [6, 6.07) is 0.202. The van der Waals surface area contributed by atoms with Crippen molar-refractivity contribution in [2.24, 2.45) is 5.92 Å². The Labute approximate surface area is 111 Å². The van der Waals surface area contributed by atoms with Gasteiger partial charge in [-0.25, -0.2) is 0 Å². The Morgan fingerprint density at radius 3 is 2.67 bits per heavy atom. The highest BCUT2D eigenvalue weighted by atomic mass is 16.5. The highest BCUT2D eigenvalue weighted by molar-refractivity contribution is 5.80. The average molecular weight is 256 g/mol. The lowest BCUT2D eigenvalue weighted by molar-refractivity contribution is -0.135. The first kappa shape index (κ1) is 15.4. The van der Waals surface area contributed by atoms with Gasteiger partial charge in [0.1, 0.15) is 0 Å². The smallest absolute Gasteiger partial charge is 0.229 e. The van der Waals surface area contributed by atoms with Crippen molar-refractivity contribution in [2.45, 2.75) is 46.1 Å². The van der Waals surface area contributed by atoms with Crippen LogP contribution in [-0.4, -0.2) is 49.7 Å². The summed E-state index contributed by atoms with van der Waals surface area (Å²) in [5.41, 5.74) is 0. The monoisotopic (exact) mass is 256 g/mol. The highest BCUT2D eigenvalue weighted by Crippen LogP contribution is 2.17. The van der Waals surface area contributed by atoms with E-state index in [4.69, 9.17) is 4.74 Å². The van der Waals surface area contributed by atoms with Crippen LogP contribution in [0.5, 0.6) is 0 Å². The molecule has 0 bridgehead atoms. The summed E-state index contributed by atoms with van der Waals surface area (Å²) in [7, 11) is 0. The molecule has 2 atom stereocenters. The number of unbranched alkanes of at least 4 members (excludes halogenated alkanes) is 1. The molecule has 0 aromatic rings. The fourth-order valence-electron chi connectivity index (χ4n) is 2.34. The molecule has 1 heterocycles. The summed E-state index contributed by atoms with van der Waals surface area (Å²) in [5, 5.41) is 3.42. The Hall–Kier alpha value is -0.610. The molecule has 106 valence electrons. The van der Waals surface area contributed by atoms with Crippen LogP contribution < -0.4 is 5.32 Å². The third-order valence-electron chi connectivity index (χ3n) is 3.53. The molecule has 4 nitrogen and oxygen atoms in total. The number of carbonyl (C=O) groups excluding carboxylic acids is 1. The van der Waals surface area contributed by atoms with Crippen molar-refractivity contribution in [1.29, 1.82) is 0 Å². The van der Waals surface area contributed by atoms with Gasteiger partial charge in [0.2, 0.25) is 5.91 Å². The van der Waals surface area contributed by atoms with Gasteiger partial charge in [-0.2, -0.15) is 0 Å². The van der Waals surface area contributed by atoms with E-state index in [1.165, 1.54) is 0 Å². The van der Waals surface area contributed by atoms with E-state index in [1.54, 1.807) is 0 Å². The molecule has 2 unspecified atom stereocenters. The molecule has 1 aliphatic heterocycles. The van der Waals surface area contributed by atoms with Crippen LogP contribution in [0.25, 0.3) is 0 Å². The molecular weight excluding hydrogens is 228 g/mol. The molecule has 0 aliphatic carbocycles. The lowest BCUT2D eigenvalue weighted by Crippen LogP contribution is -2.46. The van der Waals surface area contributed by atoms with Gasteiger partial charge in [-0.15, -0.1) is 0 Å². The van der Waals surface area contributed by atoms with E-state index in [-0.39, 0.29) is 17.9 Å². The molecule has 1 amide bonds. The predicted molar refractivity (Wildman–Crippen MR) is 73.6 cm³/mol.